The SMILES string of the molecule is [2H]c1c([2H])c([2H])c2c(c1[2H])c1c(-c3ccccc3)c([2H])c([2H])c([2H])c1n2-c1ccc2c(c1)N(c1c(-c3ccccc3)cccc1-c1cccc3c1ccc1ccccc13)c1cc(-c3ccc4c(c3)C(C)(C)c3ccccc3O4)cc3c1B2c1ccc(-n2c4c([2H])c([2H])c([2H])c([2H])c4c4c(-c5ccccc5)c([2H])c([2H])c([2H])c42)cc1N3c1c(-c2ccccc2)cc(C(C)(C)C)cc1-c1cccc2c1ccc1ccccc12. The molecule has 616 valence electrons. The average Bonchev–Trinajstić information content (AvgIpc) is 1.61. The summed E-state index contributed by atoms with van der Waals surface area (Å²) in [5, 5.41) is 8.86. The minimum Gasteiger partial charge on any atom is -0.457 e. The highest BCUT2D eigenvalue weighted by Gasteiger charge is 2.47. The van der Waals surface area contributed by atoms with Crippen LogP contribution in [-0.4, -0.2) is 15.8 Å². The molecule has 23 aromatic rings. The first kappa shape index (κ1) is 62.8. The molecule has 21 aromatic carbocycles. The lowest BCUT2D eigenvalue weighted by molar-refractivity contribution is 0.418. The van der Waals surface area contributed by atoms with Crippen molar-refractivity contribution in [1.82, 2.24) is 9.13 Å². The summed E-state index contributed by atoms with van der Waals surface area (Å²) < 4.78 is 151. The Morgan fingerprint density at radius 3 is 1.27 bits per heavy atom. The van der Waals surface area contributed by atoms with Crippen molar-refractivity contribution in [2.75, 3.05) is 9.80 Å². The number of hydrogen-bond donors (Lipinski definition) is 0. The molecule has 0 saturated heterocycles. The minimum absolute atomic E-state index is 0.0328. The van der Waals surface area contributed by atoms with Crippen LogP contribution in [0.1, 0.15) is 70.5 Å². The van der Waals surface area contributed by atoms with E-state index in [0.717, 1.165) is 149 Å². The molecular weight excluding hydrogens is 1580 g/mol. The topological polar surface area (TPSA) is 25.6 Å². The zero-order valence-electron chi connectivity index (χ0n) is 86.3. The van der Waals surface area contributed by atoms with Crippen LogP contribution in [0.4, 0.5) is 34.1 Å². The highest BCUT2D eigenvalue weighted by molar-refractivity contribution is 7.00. The highest BCUT2D eigenvalue weighted by Crippen LogP contribution is 2.58. The summed E-state index contributed by atoms with van der Waals surface area (Å²) in [6.07, 6.45) is 0. The van der Waals surface area contributed by atoms with E-state index in [1.165, 1.54) is 0 Å². The number of aromatic nitrogens is 2. The van der Waals surface area contributed by atoms with Gasteiger partial charge in [0.05, 0.1) is 52.6 Å². The van der Waals surface area contributed by atoms with Gasteiger partial charge in [0.15, 0.2) is 0 Å². The van der Waals surface area contributed by atoms with Crippen LogP contribution in [0.2, 0.25) is 0 Å². The molecule has 3 aliphatic rings. The van der Waals surface area contributed by atoms with E-state index in [2.05, 4.69) is 299 Å². The average molecular weight is 1690 g/mol. The van der Waals surface area contributed by atoms with E-state index in [0.29, 0.717) is 51.0 Å². The number of nitrogens with zero attached hydrogens (tertiary/aromatic N) is 4. The Bertz CT molecular complexity index is 9640. The molecular formula is C125H87BN4O. The zero-order chi connectivity index (χ0) is 99.2. The van der Waals surface area contributed by atoms with Gasteiger partial charge < -0.3 is 23.7 Å². The molecule has 0 saturated carbocycles. The second-order valence-corrected chi connectivity index (χ2v) is 36.2. The van der Waals surface area contributed by atoms with Crippen LogP contribution in [0, 0.1) is 0 Å². The number of ether oxygens (including phenoxy) is 1. The fourth-order valence-corrected chi connectivity index (χ4v) is 21.6. The summed E-state index contributed by atoms with van der Waals surface area (Å²) >= 11 is 0. The molecule has 6 heteroatoms. The molecule has 0 unspecified atom stereocenters. The molecule has 26 rings (SSSR count). The Morgan fingerprint density at radius 2 is 0.718 bits per heavy atom. The number of benzene rings is 21. The van der Waals surface area contributed by atoms with E-state index in [1.807, 2.05) is 97.1 Å². The molecule has 0 bridgehead atoms. The lowest BCUT2D eigenvalue weighted by atomic mass is 9.33. The first-order valence-electron chi connectivity index (χ1n) is 51.7. The molecule has 0 radical (unpaired) electrons. The summed E-state index contributed by atoms with van der Waals surface area (Å²) in [5.74, 6) is 1.45. The fourth-order valence-electron chi connectivity index (χ4n) is 21.6. The Morgan fingerprint density at radius 1 is 0.282 bits per heavy atom. The molecule has 0 spiro atoms. The van der Waals surface area contributed by atoms with Crippen molar-refractivity contribution in [1.29, 1.82) is 0 Å². The number of para-hydroxylation sites is 4. The van der Waals surface area contributed by atoms with Gasteiger partial charge in [-0.15, -0.1) is 0 Å². The maximum atomic E-state index is 10.5. The molecule has 5 heterocycles. The standard InChI is InChI=1S/C125H87BN4O/c1-124(2,3)86-74-103(81-39-16-9-17-40-81)123(104(75-86)97-53-30-51-95-90-44-21-19-42-83(90)62-67-99(95)97)130-114-77-88(128-110-57-26-23-46-102(110)120-92(48-32-59-112(120)128)79-35-12-7-13-36-79)65-69-108(114)126-107-68-64-87(127-109-56-25-22-45-101(109)119-91(47-31-58-111(119)127)78-33-10-6-11-34-78)76-113(107)129(115-72-85(73-116(130)121(115)126)84-63-70-118-106(71-84)125(4,5)105-55-24-27-60-117(105)131-118)122-93(80-37-14-8-15-38-80)49-28-54-100(122)96-52-29-50-94-89-43-20-18-41-82(89)61-66-98(94)96/h6-77H,1-5H3/i22D,23D,25D,26D,31D,32D,45D,46D,47D,48D,56D,57D,58D,59D. The molecule has 5 nitrogen and oxygen atoms in total. The van der Waals surface area contributed by atoms with Crippen molar-refractivity contribution in [3.05, 3.63) is 453 Å². The third-order valence-electron chi connectivity index (χ3n) is 27.7. The third kappa shape index (κ3) is 11.7. The van der Waals surface area contributed by atoms with Gasteiger partial charge >= 0.3 is 0 Å². The van der Waals surface area contributed by atoms with Gasteiger partial charge in [0.2, 0.25) is 0 Å². The molecule has 0 fully saturated rings. The second-order valence-electron chi connectivity index (χ2n) is 36.2. The quantitative estimate of drug-likeness (QED) is 0.0953. The Balaban J connectivity index is 0.886. The minimum atomic E-state index is -0.847. The monoisotopic (exact) mass is 1680 g/mol. The van der Waals surface area contributed by atoms with Gasteiger partial charge in [-0.2, -0.15) is 0 Å². The molecule has 0 atom stereocenters. The molecule has 3 aliphatic heterocycles. The Hall–Kier alpha value is -16.3. The van der Waals surface area contributed by atoms with Crippen molar-refractivity contribution < 1.29 is 23.9 Å². The Kier molecular flexibility index (Phi) is 14.1. The lowest BCUT2D eigenvalue weighted by Crippen LogP contribution is -2.61. The Labute approximate surface area is 781 Å². The number of anilines is 6. The summed E-state index contributed by atoms with van der Waals surface area (Å²) in [6, 6.07) is 115. The fraction of sp³-hybridized carbons (Fsp3) is 0.0560. The van der Waals surface area contributed by atoms with Gasteiger partial charge in [0.1, 0.15) is 11.5 Å². The normalized spacial score (nSPS) is 14.6. The molecule has 0 aliphatic carbocycles. The van der Waals surface area contributed by atoms with Crippen molar-refractivity contribution in [2.45, 2.75) is 45.4 Å². The number of fused-ring (bicyclic) bond motifs is 18. The van der Waals surface area contributed by atoms with E-state index in [-0.39, 0.29) is 91.0 Å². The van der Waals surface area contributed by atoms with Crippen molar-refractivity contribution in [2.24, 2.45) is 0 Å². The third-order valence-corrected chi connectivity index (χ3v) is 27.7. The summed E-state index contributed by atoms with van der Waals surface area (Å²) in [5.41, 5.74) is 19.4. The van der Waals surface area contributed by atoms with Crippen LogP contribution in [0.5, 0.6) is 11.5 Å². The lowest BCUT2D eigenvalue weighted by Gasteiger charge is -2.46. The molecule has 131 heavy (non-hydrogen) atoms. The molecule has 0 N–H and O–H groups in total. The summed E-state index contributed by atoms with van der Waals surface area (Å²) in [6.45, 7) is 10.4. The predicted molar refractivity (Wildman–Crippen MR) is 555 cm³/mol. The first-order valence-corrected chi connectivity index (χ1v) is 44.7. The zero-order valence-corrected chi connectivity index (χ0v) is 72.3. The van der Waals surface area contributed by atoms with E-state index in [4.69, 9.17) is 4.74 Å². The van der Waals surface area contributed by atoms with E-state index in [1.54, 1.807) is 9.13 Å². The van der Waals surface area contributed by atoms with Crippen LogP contribution in [0.3, 0.4) is 0 Å². The van der Waals surface area contributed by atoms with Crippen LogP contribution in [0.15, 0.2) is 436 Å². The van der Waals surface area contributed by atoms with E-state index < -0.39 is 65.9 Å². The molecule has 2 aromatic heterocycles. The smallest absolute Gasteiger partial charge is 0.252 e. The highest BCUT2D eigenvalue weighted by atomic mass is 16.5. The van der Waals surface area contributed by atoms with Crippen LogP contribution >= 0.6 is 0 Å². The first-order chi connectivity index (χ1) is 70.2. The number of rotatable bonds is 11. The largest absolute Gasteiger partial charge is 0.457 e. The van der Waals surface area contributed by atoms with Crippen LogP contribution in [-0.2, 0) is 10.8 Å². The van der Waals surface area contributed by atoms with Gasteiger partial charge in [-0.05, 0) is 217 Å². The summed E-state index contributed by atoms with van der Waals surface area (Å²) in [4.78, 5) is 4.84. The van der Waals surface area contributed by atoms with Crippen LogP contribution in [0.25, 0.3) is 176 Å². The van der Waals surface area contributed by atoms with E-state index >= 15 is 0 Å². The molecule has 0 amide bonds. The van der Waals surface area contributed by atoms with Crippen molar-refractivity contribution in [3.63, 3.8) is 0 Å². The van der Waals surface area contributed by atoms with Crippen molar-refractivity contribution >= 4 is 144 Å². The van der Waals surface area contributed by atoms with Gasteiger partial charge in [0, 0.05) is 94.5 Å². The van der Waals surface area contributed by atoms with Gasteiger partial charge in [-0.3, -0.25) is 0 Å². The van der Waals surface area contributed by atoms with Gasteiger partial charge in [-0.25, -0.2) is 0 Å². The van der Waals surface area contributed by atoms with Gasteiger partial charge in [-0.1, -0.05) is 380 Å². The predicted octanol–water partition coefficient (Wildman–Crippen LogP) is 32.0. The van der Waals surface area contributed by atoms with Gasteiger partial charge in [0.25, 0.3) is 6.71 Å². The van der Waals surface area contributed by atoms with Crippen molar-refractivity contribution in [3.8, 4) is 101 Å². The summed E-state index contributed by atoms with van der Waals surface area (Å²) in [7, 11) is 0. The van der Waals surface area contributed by atoms with E-state index in [9.17, 15) is 19.2 Å². The second kappa shape index (κ2) is 29.4. The maximum Gasteiger partial charge on any atom is 0.252 e. The van der Waals surface area contributed by atoms with Crippen LogP contribution < -0.4 is 30.9 Å². The number of hydrogen-bond acceptors (Lipinski definition) is 3. The maximum absolute atomic E-state index is 10.5.